The molecule has 0 radical (unpaired) electrons. The van der Waals surface area contributed by atoms with Crippen molar-refractivity contribution >= 4 is 56.7 Å². The molecule has 0 aliphatic carbocycles. The van der Waals surface area contributed by atoms with Gasteiger partial charge in [0.05, 0.1) is 26.3 Å². The molecule has 174 valence electrons. The Kier molecular flexibility index (Phi) is 9.24. The van der Waals surface area contributed by atoms with E-state index >= 15 is 0 Å². The minimum atomic E-state index is -4.04. The lowest BCUT2D eigenvalue weighted by molar-refractivity contribution is -0.136. The lowest BCUT2D eigenvalue weighted by atomic mass is 10.0. The maximum Gasteiger partial charge on any atom is 0.303 e. The zero-order chi connectivity index (χ0) is 24.6. The van der Waals surface area contributed by atoms with Crippen LogP contribution < -0.4 is 17.0 Å². The molecule has 3 rings (SSSR count). The van der Waals surface area contributed by atoms with Crippen LogP contribution in [0.1, 0.15) is 13.3 Å². The van der Waals surface area contributed by atoms with Gasteiger partial charge in [-0.1, -0.05) is 66.5 Å². The summed E-state index contributed by atoms with van der Waals surface area (Å²) in [6.07, 6.45) is 1.46. The minimum Gasteiger partial charge on any atom is -0.481 e. The van der Waals surface area contributed by atoms with E-state index < -0.39 is 15.8 Å². The summed E-state index contributed by atoms with van der Waals surface area (Å²) in [5.41, 5.74) is 10.3. The number of nitrogens with one attached hydrogen (secondary N) is 1. The Balaban J connectivity index is 0.000000696. The zero-order valence-electron chi connectivity index (χ0n) is 17.5. The quantitative estimate of drug-likeness (QED) is 0.124. The van der Waals surface area contributed by atoms with Crippen molar-refractivity contribution in [3.63, 3.8) is 0 Å². The fourth-order valence-electron chi connectivity index (χ4n) is 2.68. The standard InChI is InChI=1S/C19H16Cl2N4O2S.C3H6O2/c20-16-10-15(12-5-2-1-3-6-12)18(22)17(21)19(16)28(26,27)14-8-4-7-13(9-14)24-11-25-23;1-2-3(4)5/h1-11H,22-23H2,(H,24,25);2H2,1H3,(H,4,5). The molecule has 8 nitrogen and oxygen atoms in total. The number of sulfone groups is 1. The number of nitrogens with zero attached hydrogens (tertiary/aromatic N) is 1. The van der Waals surface area contributed by atoms with Crippen LogP contribution in [-0.4, -0.2) is 25.8 Å². The highest BCUT2D eigenvalue weighted by atomic mass is 35.5. The first-order chi connectivity index (χ1) is 15.6. The second kappa shape index (κ2) is 11.7. The van der Waals surface area contributed by atoms with Gasteiger partial charge in [0, 0.05) is 12.0 Å². The van der Waals surface area contributed by atoms with Gasteiger partial charge in [-0.2, -0.15) is 0 Å². The van der Waals surface area contributed by atoms with Crippen LogP contribution in [0.3, 0.4) is 0 Å². The third-order valence-corrected chi connectivity index (χ3v) is 7.04. The van der Waals surface area contributed by atoms with Crippen LogP contribution in [0.5, 0.6) is 0 Å². The van der Waals surface area contributed by atoms with Gasteiger partial charge in [0.2, 0.25) is 9.84 Å². The highest BCUT2D eigenvalue weighted by molar-refractivity contribution is 7.91. The van der Waals surface area contributed by atoms with Gasteiger partial charge in [0.15, 0.2) is 0 Å². The van der Waals surface area contributed by atoms with Crippen LogP contribution >= 0.6 is 23.2 Å². The molecular weight excluding hydrogens is 487 g/mol. The van der Waals surface area contributed by atoms with Crippen LogP contribution in [0, 0.1) is 0 Å². The molecular formula is C22H22Cl2N4O4S. The molecule has 33 heavy (non-hydrogen) atoms. The van der Waals surface area contributed by atoms with Crippen LogP contribution in [0.2, 0.25) is 10.0 Å². The van der Waals surface area contributed by atoms with Gasteiger partial charge in [-0.15, -0.1) is 0 Å². The molecule has 0 atom stereocenters. The van der Waals surface area contributed by atoms with Gasteiger partial charge < -0.3 is 16.3 Å². The summed E-state index contributed by atoms with van der Waals surface area (Å²) in [4.78, 5) is 13.1. The maximum atomic E-state index is 13.2. The molecule has 0 saturated heterocycles. The summed E-state index contributed by atoms with van der Waals surface area (Å²) in [5, 5.41) is 7.58. The van der Waals surface area contributed by atoms with E-state index in [2.05, 4.69) is 10.4 Å². The van der Waals surface area contributed by atoms with Crippen LogP contribution in [-0.2, 0) is 14.6 Å². The number of halogens is 2. The summed E-state index contributed by atoms with van der Waals surface area (Å²) in [6.45, 7) is 1.60. The number of anilines is 1. The number of benzene rings is 3. The molecule has 0 aliphatic rings. The predicted molar refractivity (Wildman–Crippen MR) is 132 cm³/mol. The van der Waals surface area contributed by atoms with E-state index in [1.807, 2.05) is 30.3 Å². The van der Waals surface area contributed by atoms with Crippen LogP contribution in [0.15, 0.2) is 75.4 Å². The van der Waals surface area contributed by atoms with E-state index in [1.165, 1.54) is 24.5 Å². The number of carbonyl (C=O) groups is 1. The third kappa shape index (κ3) is 6.45. The fourth-order valence-corrected chi connectivity index (χ4v) is 5.17. The average molecular weight is 509 g/mol. The van der Waals surface area contributed by atoms with Gasteiger partial charge in [-0.3, -0.25) is 4.79 Å². The first-order valence-electron chi connectivity index (χ1n) is 9.52. The molecule has 3 aromatic carbocycles. The van der Waals surface area contributed by atoms with Crippen molar-refractivity contribution < 1.29 is 18.3 Å². The molecule has 0 aromatic heterocycles. The number of nitrogens with two attached hydrogens (primary N) is 2. The summed E-state index contributed by atoms with van der Waals surface area (Å²) in [6, 6.07) is 16.7. The number of hydrazine groups is 1. The number of aliphatic imine (C=N–C) groups is 1. The molecule has 11 heteroatoms. The fraction of sp³-hybridized carbons (Fsp3) is 0.0909. The van der Waals surface area contributed by atoms with Gasteiger partial charge in [-0.05, 0) is 29.8 Å². The number of carboxylic acids is 1. The lowest BCUT2D eigenvalue weighted by Gasteiger charge is -2.15. The van der Waals surface area contributed by atoms with Gasteiger partial charge in [-0.25, -0.2) is 19.3 Å². The Morgan fingerprint density at radius 1 is 1.12 bits per heavy atom. The third-order valence-electron chi connectivity index (χ3n) is 4.29. The predicted octanol–water partition coefficient (Wildman–Crippen LogP) is 4.68. The van der Waals surface area contributed by atoms with Crippen molar-refractivity contribution in [3.8, 4) is 11.1 Å². The van der Waals surface area contributed by atoms with Crippen LogP contribution in [0.25, 0.3) is 11.1 Å². The Bertz CT molecular complexity index is 1270. The van der Waals surface area contributed by atoms with E-state index in [0.29, 0.717) is 11.3 Å². The smallest absolute Gasteiger partial charge is 0.303 e. The molecule has 0 fully saturated rings. The highest BCUT2D eigenvalue weighted by Crippen LogP contribution is 2.43. The highest BCUT2D eigenvalue weighted by Gasteiger charge is 2.27. The number of nitrogen functional groups attached to an aromatic ring is 1. The molecule has 0 aliphatic heterocycles. The number of carboxylic acid groups (broad SMARTS) is 1. The number of hydrogen-bond donors (Lipinski definition) is 4. The van der Waals surface area contributed by atoms with E-state index in [9.17, 15) is 13.2 Å². The molecule has 0 heterocycles. The molecule has 0 unspecified atom stereocenters. The summed E-state index contributed by atoms with van der Waals surface area (Å²) < 4.78 is 26.4. The Morgan fingerprint density at radius 3 is 2.33 bits per heavy atom. The number of rotatable bonds is 6. The number of hydrogen-bond acceptors (Lipinski definition) is 6. The zero-order valence-corrected chi connectivity index (χ0v) is 19.8. The molecule has 3 aromatic rings. The maximum absolute atomic E-state index is 13.2. The first-order valence-corrected chi connectivity index (χ1v) is 11.8. The Hall–Kier alpha value is -3.11. The minimum absolute atomic E-state index is 0.0180. The van der Waals surface area contributed by atoms with E-state index in [4.69, 9.17) is 39.9 Å². The summed E-state index contributed by atoms with van der Waals surface area (Å²) in [5.74, 6) is 4.40. The van der Waals surface area contributed by atoms with Crippen molar-refractivity contribution in [1.82, 2.24) is 5.43 Å². The topological polar surface area (TPSA) is 148 Å². The molecule has 0 spiro atoms. The van der Waals surface area contributed by atoms with Crippen LogP contribution in [0.4, 0.5) is 11.4 Å². The van der Waals surface area contributed by atoms with E-state index in [0.717, 1.165) is 5.56 Å². The van der Waals surface area contributed by atoms with Gasteiger partial charge in [0.25, 0.3) is 0 Å². The van der Waals surface area contributed by atoms with Crippen molar-refractivity contribution in [2.45, 2.75) is 23.1 Å². The monoisotopic (exact) mass is 508 g/mol. The van der Waals surface area contributed by atoms with Gasteiger partial charge in [0.1, 0.15) is 11.2 Å². The van der Waals surface area contributed by atoms with Gasteiger partial charge >= 0.3 is 5.97 Å². The Labute approximate surface area is 201 Å². The molecule has 0 amide bonds. The lowest BCUT2D eigenvalue weighted by Crippen LogP contribution is -2.18. The van der Waals surface area contributed by atoms with E-state index in [1.54, 1.807) is 19.1 Å². The number of aliphatic carboxylic acids is 1. The van der Waals surface area contributed by atoms with Crippen molar-refractivity contribution in [3.05, 3.63) is 70.7 Å². The Morgan fingerprint density at radius 2 is 1.76 bits per heavy atom. The SMILES string of the molecule is CCC(=O)O.NNC=Nc1cccc(S(=O)(=O)c2c(Cl)cc(-c3ccccc3)c(N)c2Cl)c1. The van der Waals surface area contributed by atoms with Crippen molar-refractivity contribution in [2.75, 3.05) is 5.73 Å². The van der Waals surface area contributed by atoms with E-state index in [-0.39, 0.29) is 31.9 Å². The average Bonchev–Trinajstić information content (AvgIpc) is 2.81. The van der Waals surface area contributed by atoms with Crippen molar-refractivity contribution in [1.29, 1.82) is 0 Å². The molecule has 6 N–H and O–H groups in total. The summed E-state index contributed by atoms with van der Waals surface area (Å²) in [7, 11) is -4.04. The summed E-state index contributed by atoms with van der Waals surface area (Å²) >= 11 is 12.7. The molecule has 0 saturated carbocycles. The second-order valence-electron chi connectivity index (χ2n) is 6.50. The largest absolute Gasteiger partial charge is 0.481 e. The molecule has 0 bridgehead atoms. The van der Waals surface area contributed by atoms with Crippen molar-refractivity contribution in [2.24, 2.45) is 10.8 Å². The second-order valence-corrected chi connectivity index (χ2v) is 9.17. The first kappa shape index (κ1) is 26.1. The normalized spacial score (nSPS) is 11.0.